The van der Waals surface area contributed by atoms with Gasteiger partial charge in [-0.25, -0.2) is 4.79 Å². The van der Waals surface area contributed by atoms with Crippen molar-refractivity contribution in [3.8, 4) is 0 Å². The number of nitrogens with one attached hydrogen (secondary N) is 2. The Kier molecular flexibility index (Phi) is 10.3. The summed E-state index contributed by atoms with van der Waals surface area (Å²) in [5, 5.41) is 5.72. The molecule has 0 heterocycles. The first-order valence-electron chi connectivity index (χ1n) is 12.2. The van der Waals surface area contributed by atoms with Crippen LogP contribution in [0.5, 0.6) is 0 Å². The first-order chi connectivity index (χ1) is 15.8. The second kappa shape index (κ2) is 11.7. The molecule has 0 aliphatic rings. The molecular weight excluding hydrogens is 462 g/mol. The molecule has 8 heteroatoms. The van der Waals surface area contributed by atoms with Crippen molar-refractivity contribution in [3.05, 3.63) is 34.9 Å². The summed E-state index contributed by atoms with van der Waals surface area (Å²) < 4.78 is 5.37. The Labute approximate surface area is 217 Å². The van der Waals surface area contributed by atoms with E-state index in [-0.39, 0.29) is 11.7 Å². The number of rotatable bonds is 8. The number of alkyl carbamates (subject to hydrolysis) is 1. The third-order valence-electron chi connectivity index (χ3n) is 5.66. The van der Waals surface area contributed by atoms with Crippen molar-refractivity contribution in [2.24, 2.45) is 0 Å². The monoisotopic (exact) mass is 507 g/mol. The van der Waals surface area contributed by atoms with Crippen LogP contribution in [-0.2, 0) is 14.3 Å². The molecule has 3 amide bonds. The summed E-state index contributed by atoms with van der Waals surface area (Å²) in [5.74, 6) is -0.627. The van der Waals surface area contributed by atoms with Gasteiger partial charge in [-0.1, -0.05) is 30.7 Å². The number of amides is 3. The van der Waals surface area contributed by atoms with Crippen LogP contribution >= 0.6 is 12.6 Å². The van der Waals surface area contributed by atoms with E-state index in [9.17, 15) is 14.4 Å². The first kappa shape index (κ1) is 30.8. The second-order valence-electron chi connectivity index (χ2n) is 11.8. The third kappa shape index (κ3) is 9.06. The van der Waals surface area contributed by atoms with Gasteiger partial charge in [-0.15, -0.1) is 0 Å². The van der Waals surface area contributed by atoms with E-state index in [4.69, 9.17) is 4.74 Å². The van der Waals surface area contributed by atoms with Gasteiger partial charge in [0.05, 0.1) is 0 Å². The predicted octanol–water partition coefficient (Wildman–Crippen LogP) is 5.10. The summed E-state index contributed by atoms with van der Waals surface area (Å²) in [7, 11) is 0. The lowest BCUT2D eigenvalue weighted by Gasteiger charge is -2.45. The van der Waals surface area contributed by atoms with Crippen LogP contribution in [0.3, 0.4) is 0 Å². The van der Waals surface area contributed by atoms with Crippen LogP contribution in [0.1, 0.15) is 91.5 Å². The molecule has 0 saturated carbocycles. The number of ether oxygens (including phenoxy) is 1. The van der Waals surface area contributed by atoms with Crippen LogP contribution in [0, 0.1) is 13.8 Å². The molecule has 0 radical (unpaired) electrons. The number of aryl methyl sites for hydroxylation is 2. The van der Waals surface area contributed by atoms with Crippen LogP contribution in [-0.4, -0.2) is 51.3 Å². The van der Waals surface area contributed by atoms with Crippen molar-refractivity contribution in [2.75, 3.05) is 5.75 Å². The number of nitrogens with zero attached hydrogens (tertiary/aromatic N) is 1. The fourth-order valence-corrected chi connectivity index (χ4v) is 3.89. The van der Waals surface area contributed by atoms with Crippen molar-refractivity contribution < 1.29 is 19.1 Å². The highest BCUT2D eigenvalue weighted by Crippen LogP contribution is 2.34. The topological polar surface area (TPSA) is 87.7 Å². The zero-order valence-corrected chi connectivity index (χ0v) is 24.2. The highest BCUT2D eigenvalue weighted by Gasteiger charge is 2.43. The van der Waals surface area contributed by atoms with Gasteiger partial charge in [0.2, 0.25) is 11.8 Å². The van der Waals surface area contributed by atoms with E-state index in [0.29, 0.717) is 6.42 Å². The van der Waals surface area contributed by atoms with Crippen LogP contribution in [0.25, 0.3) is 0 Å². The molecule has 1 aromatic carbocycles. The van der Waals surface area contributed by atoms with Gasteiger partial charge in [-0.3, -0.25) is 9.59 Å². The molecule has 1 aromatic rings. The van der Waals surface area contributed by atoms with Crippen molar-refractivity contribution in [2.45, 2.75) is 111 Å². The van der Waals surface area contributed by atoms with Gasteiger partial charge in [0.25, 0.3) is 0 Å². The van der Waals surface area contributed by atoms with Crippen molar-refractivity contribution in [1.29, 1.82) is 0 Å². The molecule has 0 spiro atoms. The molecule has 0 aliphatic carbocycles. The summed E-state index contributed by atoms with van der Waals surface area (Å²) in [6, 6.07) is 4.01. The van der Waals surface area contributed by atoms with E-state index in [1.165, 1.54) is 0 Å². The third-order valence-corrected chi connectivity index (χ3v) is 6.03. The van der Waals surface area contributed by atoms with E-state index < -0.39 is 40.8 Å². The Hall–Kier alpha value is -2.22. The molecule has 0 aromatic heterocycles. The molecule has 0 bridgehead atoms. The molecule has 1 rings (SSSR count). The SMILES string of the molecule is CCC(C)(C)N(C(=O)C(CS)NC(=O)OC(C)(C)C)C(C(=O)NC(C)(C)C)c1cc(C)ccc1C. The summed E-state index contributed by atoms with van der Waals surface area (Å²) in [5.41, 5.74) is 0.705. The lowest BCUT2D eigenvalue weighted by molar-refractivity contribution is -0.149. The van der Waals surface area contributed by atoms with E-state index in [1.54, 1.807) is 25.7 Å². The van der Waals surface area contributed by atoms with Crippen molar-refractivity contribution >= 4 is 30.5 Å². The van der Waals surface area contributed by atoms with Crippen LogP contribution in [0.2, 0.25) is 0 Å². The van der Waals surface area contributed by atoms with Gasteiger partial charge >= 0.3 is 6.09 Å². The van der Waals surface area contributed by atoms with E-state index >= 15 is 0 Å². The van der Waals surface area contributed by atoms with Gasteiger partial charge < -0.3 is 20.3 Å². The number of thiol groups is 1. The Morgan fingerprint density at radius 1 is 1.03 bits per heavy atom. The number of carbonyl (C=O) groups is 3. The number of carbonyl (C=O) groups excluding carboxylic acids is 3. The van der Waals surface area contributed by atoms with Crippen molar-refractivity contribution in [1.82, 2.24) is 15.5 Å². The van der Waals surface area contributed by atoms with Crippen LogP contribution < -0.4 is 10.6 Å². The molecule has 2 N–H and O–H groups in total. The average Bonchev–Trinajstić information content (AvgIpc) is 2.68. The Balaban J connectivity index is 3.67. The minimum absolute atomic E-state index is 0.0504. The summed E-state index contributed by atoms with van der Waals surface area (Å²) in [6.45, 7) is 20.7. The highest BCUT2D eigenvalue weighted by molar-refractivity contribution is 7.80. The molecular formula is C27H45N3O4S. The summed E-state index contributed by atoms with van der Waals surface area (Å²) in [4.78, 5) is 42.0. The van der Waals surface area contributed by atoms with Gasteiger partial charge in [-0.2, -0.15) is 12.6 Å². The minimum atomic E-state index is -0.978. The molecule has 0 saturated heterocycles. The fraction of sp³-hybridized carbons (Fsp3) is 0.667. The average molecular weight is 508 g/mol. The Bertz CT molecular complexity index is 916. The molecule has 2 unspecified atom stereocenters. The van der Waals surface area contributed by atoms with Gasteiger partial charge in [0.1, 0.15) is 17.7 Å². The number of benzene rings is 1. The van der Waals surface area contributed by atoms with Gasteiger partial charge in [-0.05, 0) is 86.8 Å². The number of hydrogen-bond acceptors (Lipinski definition) is 5. The van der Waals surface area contributed by atoms with Gasteiger partial charge in [0, 0.05) is 16.8 Å². The molecule has 35 heavy (non-hydrogen) atoms. The zero-order valence-electron chi connectivity index (χ0n) is 23.3. The molecule has 198 valence electrons. The maximum atomic E-state index is 14.1. The molecule has 2 atom stereocenters. The summed E-state index contributed by atoms with van der Waals surface area (Å²) >= 11 is 4.36. The first-order valence-corrected chi connectivity index (χ1v) is 12.8. The Morgan fingerprint density at radius 3 is 2.06 bits per heavy atom. The largest absolute Gasteiger partial charge is 0.444 e. The lowest BCUT2D eigenvalue weighted by Crippen LogP contribution is -2.60. The second-order valence-corrected chi connectivity index (χ2v) is 12.1. The van der Waals surface area contributed by atoms with E-state index in [0.717, 1.165) is 16.7 Å². The molecule has 0 aliphatic heterocycles. The summed E-state index contributed by atoms with van der Waals surface area (Å²) in [6.07, 6.45) is -0.115. The van der Waals surface area contributed by atoms with Crippen molar-refractivity contribution in [3.63, 3.8) is 0 Å². The maximum absolute atomic E-state index is 14.1. The molecule has 7 nitrogen and oxygen atoms in total. The Morgan fingerprint density at radius 2 is 1.60 bits per heavy atom. The van der Waals surface area contributed by atoms with Gasteiger partial charge in [0.15, 0.2) is 0 Å². The standard InChI is InChI=1S/C27H45N3O4S/c1-12-27(10,11)30(23(32)20(16-35)28-24(33)34-26(7,8)9)21(22(31)29-25(4,5)6)19-15-17(2)13-14-18(19)3/h13-15,20-21,35H,12,16H2,1-11H3,(H,28,33)(H,29,31). The predicted molar refractivity (Wildman–Crippen MR) is 145 cm³/mol. The minimum Gasteiger partial charge on any atom is -0.444 e. The number of hydrogen-bond donors (Lipinski definition) is 3. The molecule has 0 fully saturated rings. The quantitative estimate of drug-likeness (QED) is 0.427. The van der Waals surface area contributed by atoms with Crippen LogP contribution in [0.15, 0.2) is 18.2 Å². The zero-order chi connectivity index (χ0) is 27.4. The van der Waals surface area contributed by atoms with E-state index in [1.807, 2.05) is 73.6 Å². The smallest absolute Gasteiger partial charge is 0.408 e. The van der Waals surface area contributed by atoms with E-state index in [2.05, 4.69) is 23.3 Å². The van der Waals surface area contributed by atoms with Crippen LogP contribution in [0.4, 0.5) is 4.79 Å². The maximum Gasteiger partial charge on any atom is 0.408 e. The fourth-order valence-electron chi connectivity index (χ4n) is 3.64. The highest BCUT2D eigenvalue weighted by atomic mass is 32.1. The lowest BCUT2D eigenvalue weighted by atomic mass is 9.89. The normalized spacial score (nSPS) is 14.1.